The maximum Gasteiger partial charge on any atom is 0.212 e. The van der Waals surface area contributed by atoms with E-state index in [1.165, 1.54) is 6.42 Å². The number of nitrogens with zero attached hydrogens (tertiary/aromatic N) is 1. The first-order valence-corrected chi connectivity index (χ1v) is 6.68. The van der Waals surface area contributed by atoms with Crippen LogP contribution in [0.4, 0.5) is 0 Å². The third-order valence-electron chi connectivity index (χ3n) is 3.31. The molecular weight excluding hydrogens is 228 g/mol. The van der Waals surface area contributed by atoms with Crippen molar-refractivity contribution in [1.82, 2.24) is 10.3 Å². The first-order valence-electron chi connectivity index (χ1n) is 6.68. The van der Waals surface area contributed by atoms with Crippen molar-refractivity contribution in [1.29, 1.82) is 0 Å². The molecule has 0 bridgehead atoms. The lowest BCUT2D eigenvalue weighted by Gasteiger charge is -2.30. The first-order chi connectivity index (χ1) is 8.83. The van der Waals surface area contributed by atoms with E-state index in [1.807, 2.05) is 18.3 Å². The number of pyridine rings is 1. The van der Waals surface area contributed by atoms with Crippen molar-refractivity contribution < 1.29 is 9.47 Å². The van der Waals surface area contributed by atoms with Gasteiger partial charge in [0.2, 0.25) is 5.88 Å². The maximum atomic E-state index is 5.83. The van der Waals surface area contributed by atoms with Gasteiger partial charge in [0.25, 0.3) is 0 Å². The predicted molar refractivity (Wildman–Crippen MR) is 70.8 cm³/mol. The zero-order valence-corrected chi connectivity index (χ0v) is 11.2. The Morgan fingerprint density at radius 1 is 1.50 bits per heavy atom. The Bertz CT molecular complexity index is 353. The molecule has 4 heteroatoms. The third kappa shape index (κ3) is 3.43. The normalized spacial score (nSPS) is 23.9. The second-order valence-corrected chi connectivity index (χ2v) is 4.67. The molecule has 1 aromatic heterocycles. The Hall–Kier alpha value is -1.13. The zero-order chi connectivity index (χ0) is 12.8. The molecule has 4 nitrogen and oxygen atoms in total. The third-order valence-corrected chi connectivity index (χ3v) is 3.31. The molecule has 2 heterocycles. The zero-order valence-electron chi connectivity index (χ0n) is 11.2. The van der Waals surface area contributed by atoms with Crippen LogP contribution in [0.2, 0.25) is 0 Å². The highest BCUT2D eigenvalue weighted by Crippen LogP contribution is 2.28. The second-order valence-electron chi connectivity index (χ2n) is 4.67. The summed E-state index contributed by atoms with van der Waals surface area (Å²) in [6, 6.07) is 4.49. The average molecular weight is 250 g/mol. The van der Waals surface area contributed by atoms with Crippen molar-refractivity contribution in [3.05, 3.63) is 23.9 Å². The molecule has 0 aromatic carbocycles. The maximum absolute atomic E-state index is 5.83. The van der Waals surface area contributed by atoms with E-state index in [9.17, 15) is 0 Å². The van der Waals surface area contributed by atoms with Gasteiger partial charge in [0, 0.05) is 24.9 Å². The van der Waals surface area contributed by atoms with Crippen LogP contribution in [0.1, 0.15) is 37.9 Å². The lowest BCUT2D eigenvalue weighted by atomic mass is 9.98. The fourth-order valence-corrected chi connectivity index (χ4v) is 2.27. The van der Waals surface area contributed by atoms with Gasteiger partial charge in [0.1, 0.15) is 0 Å². The highest BCUT2D eigenvalue weighted by Gasteiger charge is 2.23. The number of methoxy groups -OCH3 is 1. The minimum Gasteiger partial charge on any atom is -0.481 e. The summed E-state index contributed by atoms with van der Waals surface area (Å²) in [5.74, 6) is 0.648. The van der Waals surface area contributed by atoms with Crippen molar-refractivity contribution in [3.63, 3.8) is 0 Å². The number of nitrogens with one attached hydrogen (secondary N) is 1. The van der Waals surface area contributed by atoms with Crippen LogP contribution in [0.25, 0.3) is 0 Å². The molecule has 1 aliphatic rings. The molecule has 1 fully saturated rings. The van der Waals surface area contributed by atoms with E-state index in [1.54, 1.807) is 7.11 Å². The molecule has 0 saturated carbocycles. The molecule has 0 radical (unpaired) electrons. The van der Waals surface area contributed by atoms with Gasteiger partial charge in [-0.1, -0.05) is 6.92 Å². The predicted octanol–water partition coefficient (Wildman–Crippen LogP) is 2.31. The molecule has 1 N–H and O–H groups in total. The van der Waals surface area contributed by atoms with Gasteiger partial charge in [-0.25, -0.2) is 4.98 Å². The summed E-state index contributed by atoms with van der Waals surface area (Å²) in [4.78, 5) is 4.24. The van der Waals surface area contributed by atoms with Gasteiger partial charge in [-0.05, 0) is 37.4 Å². The Morgan fingerprint density at radius 3 is 3.06 bits per heavy atom. The summed E-state index contributed by atoms with van der Waals surface area (Å²) in [5.41, 5.74) is 1.14. The van der Waals surface area contributed by atoms with Crippen LogP contribution in [0.15, 0.2) is 18.3 Å². The molecule has 100 valence electrons. The van der Waals surface area contributed by atoms with Crippen LogP contribution < -0.4 is 10.1 Å². The van der Waals surface area contributed by atoms with Crippen LogP contribution in [0, 0.1) is 0 Å². The van der Waals surface area contributed by atoms with Crippen LogP contribution in [0.3, 0.4) is 0 Å². The van der Waals surface area contributed by atoms with Crippen molar-refractivity contribution in [2.24, 2.45) is 0 Å². The van der Waals surface area contributed by atoms with Gasteiger partial charge in [0.05, 0.1) is 13.2 Å². The molecule has 0 spiro atoms. The molecule has 2 atom stereocenters. The summed E-state index contributed by atoms with van der Waals surface area (Å²) in [7, 11) is 1.63. The second kappa shape index (κ2) is 6.71. The standard InChI is InChI=1S/C14H22N2O2/c1-3-7-15-12-6-8-18-13(9-12)11-4-5-14(17-2)16-10-11/h4-5,10,12-13,15H,3,6-9H2,1-2H3. The molecule has 1 aliphatic heterocycles. The van der Waals surface area contributed by atoms with E-state index < -0.39 is 0 Å². The van der Waals surface area contributed by atoms with Crippen molar-refractivity contribution in [3.8, 4) is 5.88 Å². The highest BCUT2D eigenvalue weighted by atomic mass is 16.5. The van der Waals surface area contributed by atoms with Crippen molar-refractivity contribution in [2.75, 3.05) is 20.3 Å². The minimum atomic E-state index is 0.159. The summed E-state index contributed by atoms with van der Waals surface area (Å²) in [5, 5.41) is 3.57. The molecule has 1 aromatic rings. The van der Waals surface area contributed by atoms with Gasteiger partial charge in [-0.3, -0.25) is 0 Å². The van der Waals surface area contributed by atoms with Gasteiger partial charge >= 0.3 is 0 Å². The van der Waals surface area contributed by atoms with Gasteiger partial charge in [-0.2, -0.15) is 0 Å². The Balaban J connectivity index is 1.94. The van der Waals surface area contributed by atoms with E-state index in [-0.39, 0.29) is 6.10 Å². The topological polar surface area (TPSA) is 43.4 Å². The fourth-order valence-electron chi connectivity index (χ4n) is 2.27. The minimum absolute atomic E-state index is 0.159. The molecule has 0 amide bonds. The number of hydrogen-bond acceptors (Lipinski definition) is 4. The van der Waals surface area contributed by atoms with E-state index in [0.717, 1.165) is 31.6 Å². The SMILES string of the molecule is CCCNC1CCOC(c2ccc(OC)nc2)C1. The number of hydrogen-bond donors (Lipinski definition) is 1. The Labute approximate surface area is 109 Å². The van der Waals surface area contributed by atoms with Crippen molar-refractivity contribution in [2.45, 2.75) is 38.3 Å². The van der Waals surface area contributed by atoms with Gasteiger partial charge in [-0.15, -0.1) is 0 Å². The lowest BCUT2D eigenvalue weighted by Crippen LogP contribution is -2.36. The van der Waals surface area contributed by atoms with E-state index in [2.05, 4.69) is 17.2 Å². The summed E-state index contributed by atoms with van der Waals surface area (Å²) < 4.78 is 10.9. The smallest absolute Gasteiger partial charge is 0.212 e. The number of rotatable bonds is 5. The van der Waals surface area contributed by atoms with Crippen molar-refractivity contribution >= 4 is 0 Å². The first kappa shape index (κ1) is 13.3. The highest BCUT2D eigenvalue weighted by molar-refractivity contribution is 5.20. The lowest BCUT2D eigenvalue weighted by molar-refractivity contribution is 0.000136. The molecule has 18 heavy (non-hydrogen) atoms. The fraction of sp³-hybridized carbons (Fsp3) is 0.643. The quantitative estimate of drug-likeness (QED) is 0.871. The molecule has 2 unspecified atom stereocenters. The monoisotopic (exact) mass is 250 g/mol. The van der Waals surface area contributed by atoms with Crippen LogP contribution >= 0.6 is 0 Å². The molecular formula is C14H22N2O2. The van der Waals surface area contributed by atoms with Crippen LogP contribution in [-0.2, 0) is 4.74 Å². The molecule has 0 aliphatic carbocycles. The summed E-state index contributed by atoms with van der Waals surface area (Å²) in [6.07, 6.45) is 5.30. The summed E-state index contributed by atoms with van der Waals surface area (Å²) in [6.45, 7) is 4.09. The average Bonchev–Trinajstić information content (AvgIpc) is 2.45. The van der Waals surface area contributed by atoms with E-state index in [4.69, 9.17) is 9.47 Å². The molecule has 1 saturated heterocycles. The van der Waals surface area contributed by atoms with Gasteiger partial charge < -0.3 is 14.8 Å². The number of ether oxygens (including phenoxy) is 2. The number of aromatic nitrogens is 1. The summed E-state index contributed by atoms with van der Waals surface area (Å²) >= 11 is 0. The van der Waals surface area contributed by atoms with Crippen LogP contribution in [-0.4, -0.2) is 31.3 Å². The largest absolute Gasteiger partial charge is 0.481 e. The Kier molecular flexibility index (Phi) is 4.96. The molecule has 2 rings (SSSR count). The van der Waals surface area contributed by atoms with E-state index in [0.29, 0.717) is 11.9 Å². The van der Waals surface area contributed by atoms with E-state index >= 15 is 0 Å². The van der Waals surface area contributed by atoms with Gasteiger partial charge in [0.15, 0.2) is 0 Å². The Morgan fingerprint density at radius 2 is 2.39 bits per heavy atom. The van der Waals surface area contributed by atoms with Crippen LogP contribution in [0.5, 0.6) is 5.88 Å².